The van der Waals surface area contributed by atoms with E-state index in [2.05, 4.69) is 15.3 Å². The summed E-state index contributed by atoms with van der Waals surface area (Å²) in [6, 6.07) is 7.63. The largest absolute Gasteiger partial charge is 0.473 e. The maximum atomic E-state index is 12.0. The zero-order chi connectivity index (χ0) is 43.7. The Kier molecular flexibility index (Phi) is 27.1. The van der Waals surface area contributed by atoms with Gasteiger partial charge in [-0.1, -0.05) is 31.7 Å². The van der Waals surface area contributed by atoms with Crippen LogP contribution in [0.15, 0.2) is 71.1 Å². The zero-order valence-electron chi connectivity index (χ0n) is 30.3. The Balaban J connectivity index is -0.000000407. The molecule has 0 saturated heterocycles. The number of hydrogen-bond donors (Lipinski definition) is 10. The number of carboxylic acid groups (broad SMARTS) is 8. The number of ether oxygens (including phenoxy) is 1. The molecule has 0 fully saturated rings. The van der Waals surface area contributed by atoms with Gasteiger partial charge < -0.3 is 67.0 Å². The van der Waals surface area contributed by atoms with Gasteiger partial charge in [-0.15, -0.1) is 0 Å². The Morgan fingerprint density at radius 3 is 1.41 bits per heavy atom. The Labute approximate surface area is 320 Å². The second kappa shape index (κ2) is 27.3. The van der Waals surface area contributed by atoms with Gasteiger partial charge in [0.05, 0.1) is 17.9 Å². The highest BCUT2D eigenvalue weighted by molar-refractivity contribution is 7.99. The Hall–Kier alpha value is -7.28. The lowest BCUT2D eigenvalue weighted by molar-refractivity contribution is -0.159. The molecule has 3 rings (SSSR count). The first kappa shape index (κ1) is 55.5. The molecule has 1 amide bonds. The predicted molar refractivity (Wildman–Crippen MR) is 192 cm³/mol. The van der Waals surface area contributed by atoms with Crippen molar-refractivity contribution in [3.63, 3.8) is 0 Å². The summed E-state index contributed by atoms with van der Waals surface area (Å²) in [5.41, 5.74) is 5.33. The Morgan fingerprint density at radius 2 is 1.11 bits per heavy atom. The van der Waals surface area contributed by atoms with Crippen molar-refractivity contribution >= 4 is 77.1 Å². The molecule has 13 N–H and O–H groups in total. The van der Waals surface area contributed by atoms with Crippen LogP contribution in [0.5, 0.6) is 0 Å². The fourth-order valence-corrected chi connectivity index (χ4v) is 3.32. The van der Waals surface area contributed by atoms with Gasteiger partial charge in [0.25, 0.3) is 0 Å². The Bertz CT molecular complexity index is 1570. The van der Waals surface area contributed by atoms with Crippen molar-refractivity contribution in [3.8, 4) is 0 Å². The van der Waals surface area contributed by atoms with Crippen molar-refractivity contribution < 1.29 is 94.2 Å². The summed E-state index contributed by atoms with van der Waals surface area (Å²) in [4.78, 5) is 96.6. The fourth-order valence-electron chi connectivity index (χ4n) is 2.53. The smallest absolute Gasteiger partial charge is 0.414 e. The minimum Gasteiger partial charge on any atom is -0.473 e. The maximum absolute atomic E-state index is 12.0. The molecule has 2 heterocycles. The molecule has 2 aromatic rings. The van der Waals surface area contributed by atoms with E-state index in [1.54, 1.807) is 12.4 Å². The van der Waals surface area contributed by atoms with Gasteiger partial charge in [-0.05, 0) is 58.0 Å². The number of carboxylic acids is 8. The van der Waals surface area contributed by atoms with Crippen molar-refractivity contribution in [1.29, 1.82) is 0 Å². The summed E-state index contributed by atoms with van der Waals surface area (Å²) < 4.78 is 5.32. The van der Waals surface area contributed by atoms with Gasteiger partial charge in [-0.3, -0.25) is 0 Å². The standard InChI is InChI=1S/C21H25N5O2S.4C2H2O4.C2H6.H2O/c1-20(2,3)28-19(27)25-21(4)8-10-26(11-9-21)17-13-24-18(14-23-17)29-16-7-5-6-15(22)12-16;4*3-1(4)2(5)6;1-2;/h5-14H,22H2,1-4H3,(H,25,27);4*(H,3,4)(H,5,6);1-2H3;1H2. The lowest BCUT2D eigenvalue weighted by Gasteiger charge is -2.30. The number of carbonyl (C=O) groups excluding carboxylic acids is 1. The van der Waals surface area contributed by atoms with Gasteiger partial charge in [-0.2, -0.15) is 0 Å². The van der Waals surface area contributed by atoms with Crippen molar-refractivity contribution in [3.05, 3.63) is 61.2 Å². The number of aromatic nitrogens is 2. The topological polar surface area (TPSA) is 423 Å². The summed E-state index contributed by atoms with van der Waals surface area (Å²) in [6.45, 7) is 11.4. The fraction of sp³-hybridized carbons (Fsp3) is 0.258. The summed E-state index contributed by atoms with van der Waals surface area (Å²) in [7, 11) is 0. The number of nitrogen functional groups attached to an aromatic ring is 1. The first-order valence-corrected chi connectivity index (χ1v) is 15.4. The van der Waals surface area contributed by atoms with Crippen LogP contribution in [-0.4, -0.2) is 121 Å². The van der Waals surface area contributed by atoms with E-state index >= 15 is 0 Å². The summed E-state index contributed by atoms with van der Waals surface area (Å²) in [6.07, 6.45) is 10.4. The number of carbonyl (C=O) groups is 9. The van der Waals surface area contributed by atoms with Crippen molar-refractivity contribution in [1.82, 2.24) is 15.3 Å². The van der Waals surface area contributed by atoms with Crippen molar-refractivity contribution in [2.24, 2.45) is 0 Å². The SMILES string of the molecule is CC.CC1(NC(=O)OC(C)(C)C)C=CN(c2cnc(Sc3cccc(N)c3)cn2)C=C1.O.O=C(O)C(=O)O.O=C(O)C(=O)O.O=C(O)C(=O)O.O=C(O)C(=O)O. The predicted octanol–water partition coefficient (Wildman–Crippen LogP) is 1.16. The molecule has 0 saturated carbocycles. The molecule has 0 atom stereocenters. The van der Waals surface area contributed by atoms with E-state index in [4.69, 9.17) is 89.7 Å². The van der Waals surface area contributed by atoms with E-state index in [0.717, 1.165) is 9.92 Å². The summed E-state index contributed by atoms with van der Waals surface area (Å²) in [5.74, 6) is -13.9. The first-order chi connectivity index (χ1) is 25.2. The van der Waals surface area contributed by atoms with Crippen LogP contribution >= 0.6 is 11.8 Å². The summed E-state index contributed by atoms with van der Waals surface area (Å²) >= 11 is 1.50. The van der Waals surface area contributed by atoms with E-state index in [-0.39, 0.29) is 5.48 Å². The van der Waals surface area contributed by atoms with Crippen LogP contribution in [-0.2, 0) is 43.1 Å². The highest BCUT2D eigenvalue weighted by atomic mass is 32.2. The molecule has 56 heavy (non-hydrogen) atoms. The molecule has 1 aliphatic heterocycles. The number of alkyl carbamates (subject to hydrolysis) is 1. The second-order valence-electron chi connectivity index (χ2n) is 10.3. The number of nitrogens with one attached hydrogen (secondary N) is 1. The molecule has 0 unspecified atom stereocenters. The molecule has 1 aromatic carbocycles. The molecule has 0 radical (unpaired) electrons. The average molecular weight is 820 g/mol. The highest BCUT2D eigenvalue weighted by Crippen LogP contribution is 2.28. The van der Waals surface area contributed by atoms with Gasteiger partial charge in [0.1, 0.15) is 10.6 Å². The van der Waals surface area contributed by atoms with Crippen LogP contribution in [0.25, 0.3) is 0 Å². The minimum atomic E-state index is -1.82. The van der Waals surface area contributed by atoms with Crippen LogP contribution in [0.2, 0.25) is 0 Å². The molecule has 0 spiro atoms. The van der Waals surface area contributed by atoms with Crippen LogP contribution < -0.4 is 16.0 Å². The van der Waals surface area contributed by atoms with Crippen LogP contribution in [0.3, 0.4) is 0 Å². The number of rotatable bonds is 4. The maximum Gasteiger partial charge on any atom is 0.414 e. The van der Waals surface area contributed by atoms with E-state index < -0.39 is 65.0 Å². The summed E-state index contributed by atoms with van der Waals surface area (Å²) in [5, 5.41) is 62.8. The normalized spacial score (nSPS) is 11.1. The zero-order valence-corrected chi connectivity index (χ0v) is 31.1. The molecular weight excluding hydrogens is 778 g/mol. The number of amides is 1. The number of hydrogen-bond acceptors (Lipinski definition) is 15. The van der Waals surface area contributed by atoms with Crippen molar-refractivity contribution in [2.45, 2.75) is 62.6 Å². The second-order valence-corrected chi connectivity index (χ2v) is 11.4. The third-order valence-corrected chi connectivity index (χ3v) is 5.53. The molecule has 25 heteroatoms. The molecule has 1 aliphatic rings. The third-order valence-electron chi connectivity index (χ3n) is 4.62. The molecule has 1 aromatic heterocycles. The van der Waals surface area contributed by atoms with E-state index in [1.807, 2.05) is 95.3 Å². The molecular formula is C31H41N5O19S. The van der Waals surface area contributed by atoms with Gasteiger partial charge in [0, 0.05) is 23.0 Å². The van der Waals surface area contributed by atoms with Crippen LogP contribution in [0.1, 0.15) is 41.5 Å². The number of nitrogens with two attached hydrogens (primary N) is 1. The van der Waals surface area contributed by atoms with Crippen LogP contribution in [0.4, 0.5) is 16.3 Å². The first-order valence-electron chi connectivity index (χ1n) is 14.6. The van der Waals surface area contributed by atoms with Gasteiger partial charge in [-0.25, -0.2) is 53.1 Å². The monoisotopic (exact) mass is 819 g/mol. The third kappa shape index (κ3) is 28.3. The highest BCUT2D eigenvalue weighted by Gasteiger charge is 2.26. The van der Waals surface area contributed by atoms with Crippen LogP contribution in [0, 0.1) is 0 Å². The quantitative estimate of drug-likeness (QED) is 0.153. The average Bonchev–Trinajstić information content (AvgIpc) is 3.06. The number of anilines is 2. The van der Waals surface area contributed by atoms with Gasteiger partial charge >= 0.3 is 53.8 Å². The number of benzene rings is 1. The van der Waals surface area contributed by atoms with Crippen molar-refractivity contribution in [2.75, 3.05) is 10.6 Å². The molecule has 0 aliphatic carbocycles. The lowest BCUT2D eigenvalue weighted by atomic mass is 10.0. The molecule has 310 valence electrons. The lowest BCUT2D eigenvalue weighted by Crippen LogP contribution is -2.46. The van der Waals surface area contributed by atoms with E-state index in [0.29, 0.717) is 11.5 Å². The van der Waals surface area contributed by atoms with E-state index in [1.165, 1.54) is 11.8 Å². The number of aliphatic carboxylic acids is 8. The number of nitrogens with zero attached hydrogens (tertiary/aromatic N) is 3. The molecule has 0 bridgehead atoms. The Morgan fingerprint density at radius 1 is 0.714 bits per heavy atom. The van der Waals surface area contributed by atoms with E-state index in [9.17, 15) is 4.79 Å². The van der Waals surface area contributed by atoms with Gasteiger partial charge in [0.15, 0.2) is 5.82 Å². The van der Waals surface area contributed by atoms with Gasteiger partial charge in [0.2, 0.25) is 0 Å². The minimum absolute atomic E-state index is 0. The molecule has 24 nitrogen and oxygen atoms in total.